The first-order valence-corrected chi connectivity index (χ1v) is 11.8. The number of nitrogens with zero attached hydrogens (tertiary/aromatic N) is 5. The van der Waals surface area contributed by atoms with Crippen LogP contribution >= 0.6 is 0 Å². The van der Waals surface area contributed by atoms with Gasteiger partial charge in [-0.25, -0.2) is 4.79 Å². The van der Waals surface area contributed by atoms with Crippen LogP contribution in [0.3, 0.4) is 0 Å². The molecule has 2 amide bonds. The van der Waals surface area contributed by atoms with Crippen LogP contribution in [-0.4, -0.2) is 93.9 Å². The lowest BCUT2D eigenvalue weighted by atomic mass is 9.89. The second-order valence-corrected chi connectivity index (χ2v) is 9.54. The van der Waals surface area contributed by atoms with Crippen LogP contribution in [-0.2, 0) is 29.0 Å². The molecular formula is C24H31F3N6O4. The number of alkyl halides is 3. The summed E-state index contributed by atoms with van der Waals surface area (Å²) in [6.45, 7) is 5.57. The van der Waals surface area contributed by atoms with E-state index in [1.54, 1.807) is 0 Å². The molecule has 1 fully saturated rings. The lowest BCUT2D eigenvalue weighted by Gasteiger charge is -2.25. The summed E-state index contributed by atoms with van der Waals surface area (Å²) >= 11 is 0. The van der Waals surface area contributed by atoms with E-state index in [0.29, 0.717) is 37.2 Å². The number of carbonyl (C=O) groups is 3. The van der Waals surface area contributed by atoms with Gasteiger partial charge in [0.05, 0.1) is 6.42 Å². The van der Waals surface area contributed by atoms with Crippen LogP contribution in [0.25, 0.3) is 0 Å². The van der Waals surface area contributed by atoms with Crippen molar-refractivity contribution in [2.75, 3.05) is 40.3 Å². The smallest absolute Gasteiger partial charge is 0.475 e. The van der Waals surface area contributed by atoms with Crippen LogP contribution in [0.2, 0.25) is 0 Å². The van der Waals surface area contributed by atoms with Gasteiger partial charge in [-0.3, -0.25) is 9.59 Å². The quantitative estimate of drug-likeness (QED) is 0.586. The van der Waals surface area contributed by atoms with Gasteiger partial charge in [0.15, 0.2) is 0 Å². The molecule has 1 saturated heterocycles. The topological polar surface area (TPSA) is 121 Å². The second kappa shape index (κ2) is 11.7. The normalized spacial score (nSPS) is 18.5. The average Bonchev–Trinajstić information content (AvgIpc) is 3.42. The fourth-order valence-electron chi connectivity index (χ4n) is 4.45. The molecule has 2 N–H and O–H groups in total. The van der Waals surface area contributed by atoms with Gasteiger partial charge in [-0.2, -0.15) is 13.2 Å². The van der Waals surface area contributed by atoms with E-state index in [0.717, 1.165) is 43.0 Å². The van der Waals surface area contributed by atoms with E-state index < -0.39 is 12.1 Å². The maximum atomic E-state index is 12.9. The van der Waals surface area contributed by atoms with Crippen LogP contribution in [0, 0.1) is 18.8 Å². The molecule has 2 aliphatic rings. The van der Waals surface area contributed by atoms with Crippen LogP contribution in [0.5, 0.6) is 0 Å². The van der Waals surface area contributed by atoms with E-state index in [1.165, 1.54) is 0 Å². The third-order valence-electron chi connectivity index (χ3n) is 6.51. The summed E-state index contributed by atoms with van der Waals surface area (Å²) in [5.41, 5.74) is 2.24. The van der Waals surface area contributed by atoms with Gasteiger partial charge in [0.2, 0.25) is 11.7 Å². The number of likely N-dealkylation sites (N-methyl/N-ethyl adjacent to an activating group) is 1. The monoisotopic (exact) mass is 524 g/mol. The maximum Gasteiger partial charge on any atom is 0.490 e. The predicted molar refractivity (Wildman–Crippen MR) is 127 cm³/mol. The highest BCUT2D eigenvalue weighted by molar-refractivity contribution is 5.90. The summed E-state index contributed by atoms with van der Waals surface area (Å²) < 4.78 is 33.7. The van der Waals surface area contributed by atoms with E-state index in [1.807, 2.05) is 59.7 Å². The van der Waals surface area contributed by atoms with E-state index in [4.69, 9.17) is 9.90 Å². The van der Waals surface area contributed by atoms with Gasteiger partial charge in [0, 0.05) is 39.1 Å². The molecule has 1 aromatic heterocycles. The fraction of sp³-hybridized carbons (Fsp3) is 0.542. The van der Waals surface area contributed by atoms with Crippen LogP contribution in [0.1, 0.15) is 27.6 Å². The Morgan fingerprint density at radius 2 is 1.76 bits per heavy atom. The number of fused-ring (bicyclic) bond motifs is 2. The van der Waals surface area contributed by atoms with Crippen molar-refractivity contribution in [3.8, 4) is 0 Å². The molecule has 2 aliphatic heterocycles. The molecular weight excluding hydrogens is 493 g/mol. The lowest BCUT2D eigenvalue weighted by Crippen LogP contribution is -2.35. The molecule has 0 aliphatic carbocycles. The average molecular weight is 525 g/mol. The third-order valence-corrected chi connectivity index (χ3v) is 6.51. The van der Waals surface area contributed by atoms with E-state index in [-0.39, 0.29) is 11.8 Å². The van der Waals surface area contributed by atoms with Crippen LogP contribution in [0.4, 0.5) is 13.2 Å². The molecule has 0 radical (unpaired) electrons. The number of hydrogen-bond donors (Lipinski definition) is 2. The highest BCUT2D eigenvalue weighted by Gasteiger charge is 2.40. The Kier molecular flexibility index (Phi) is 8.89. The summed E-state index contributed by atoms with van der Waals surface area (Å²) in [5.74, 6) is -0.813. The predicted octanol–water partition coefficient (Wildman–Crippen LogP) is 1.38. The van der Waals surface area contributed by atoms with Gasteiger partial charge in [-0.05, 0) is 44.0 Å². The molecule has 0 unspecified atom stereocenters. The van der Waals surface area contributed by atoms with Gasteiger partial charge in [0.25, 0.3) is 5.91 Å². The van der Waals surface area contributed by atoms with Gasteiger partial charge < -0.3 is 24.8 Å². The number of carboxylic acid groups (broad SMARTS) is 1. The zero-order valence-electron chi connectivity index (χ0n) is 21.0. The Balaban J connectivity index is 0.000000479. The number of aromatic nitrogens is 3. The molecule has 4 rings (SSSR count). The SMILES string of the molecule is Cc1ccccc1CC(=O)N1C[C@@H]2Cc3nnc(C(=O)NCCN(C)C)n3C[C@@H]2C1.O=C(O)C(F)(F)F. The van der Waals surface area contributed by atoms with E-state index in [9.17, 15) is 22.8 Å². The van der Waals surface area contributed by atoms with Crippen molar-refractivity contribution in [1.82, 2.24) is 29.9 Å². The molecule has 1 aromatic carbocycles. The number of aliphatic carboxylic acids is 1. The van der Waals surface area contributed by atoms with Gasteiger partial charge in [-0.1, -0.05) is 24.3 Å². The maximum absolute atomic E-state index is 12.9. The van der Waals surface area contributed by atoms with E-state index in [2.05, 4.69) is 15.5 Å². The highest BCUT2D eigenvalue weighted by Crippen LogP contribution is 2.33. The van der Waals surface area contributed by atoms with Crippen LogP contribution < -0.4 is 5.32 Å². The number of carboxylic acids is 1. The first-order valence-electron chi connectivity index (χ1n) is 11.8. The van der Waals surface area contributed by atoms with Crippen molar-refractivity contribution >= 4 is 17.8 Å². The van der Waals surface area contributed by atoms with Crippen LogP contribution in [0.15, 0.2) is 24.3 Å². The number of nitrogens with one attached hydrogen (secondary N) is 1. The molecule has 3 heterocycles. The Morgan fingerprint density at radius 3 is 2.38 bits per heavy atom. The number of aryl methyl sites for hydroxylation is 1. The number of likely N-dealkylation sites (tertiary alicyclic amines) is 1. The molecule has 0 bridgehead atoms. The van der Waals surface area contributed by atoms with Crippen molar-refractivity contribution in [3.63, 3.8) is 0 Å². The zero-order chi connectivity index (χ0) is 27.3. The Labute approximate surface area is 212 Å². The minimum Gasteiger partial charge on any atom is -0.475 e. The summed E-state index contributed by atoms with van der Waals surface area (Å²) in [7, 11) is 3.94. The molecule has 2 aromatic rings. The van der Waals surface area contributed by atoms with Crippen molar-refractivity contribution in [1.29, 1.82) is 0 Å². The van der Waals surface area contributed by atoms with Gasteiger partial charge >= 0.3 is 12.1 Å². The molecule has 37 heavy (non-hydrogen) atoms. The number of halogens is 3. The Morgan fingerprint density at radius 1 is 1.11 bits per heavy atom. The van der Waals surface area contributed by atoms with Crippen molar-refractivity contribution in [2.24, 2.45) is 11.8 Å². The zero-order valence-corrected chi connectivity index (χ0v) is 21.0. The van der Waals surface area contributed by atoms with Crippen molar-refractivity contribution in [3.05, 3.63) is 47.0 Å². The molecule has 202 valence electrons. The number of hydrogen-bond acceptors (Lipinski definition) is 6. The molecule has 2 atom stereocenters. The Bertz CT molecular complexity index is 1130. The van der Waals surface area contributed by atoms with Crippen molar-refractivity contribution in [2.45, 2.75) is 32.5 Å². The molecule has 0 saturated carbocycles. The summed E-state index contributed by atoms with van der Waals surface area (Å²) in [5, 5.41) is 18.5. The number of amides is 2. The first-order chi connectivity index (χ1) is 17.4. The van der Waals surface area contributed by atoms with Gasteiger partial charge in [-0.15, -0.1) is 10.2 Å². The summed E-state index contributed by atoms with van der Waals surface area (Å²) in [4.78, 5) is 38.3. The first kappa shape index (κ1) is 28.1. The standard InChI is InChI=1S/C22H30N6O2.C2HF3O2/c1-15-6-4-5-7-16(15)11-20(29)27-12-17-10-19-24-25-21(28(19)14-18(17)13-27)22(30)23-8-9-26(2)3;3-2(4,5)1(6)7/h4-7,17-18H,8-14H2,1-3H3,(H,23,30);(H,6,7)/t17-,18-;/m0./s1. The minimum atomic E-state index is -5.08. The second-order valence-electron chi connectivity index (χ2n) is 9.54. The van der Waals surface area contributed by atoms with Crippen molar-refractivity contribution < 1.29 is 32.7 Å². The fourth-order valence-corrected chi connectivity index (χ4v) is 4.45. The van der Waals surface area contributed by atoms with Gasteiger partial charge in [0.1, 0.15) is 5.82 Å². The minimum absolute atomic E-state index is 0.177. The molecule has 10 nitrogen and oxygen atoms in total. The lowest BCUT2D eigenvalue weighted by molar-refractivity contribution is -0.192. The highest BCUT2D eigenvalue weighted by atomic mass is 19.4. The molecule has 13 heteroatoms. The third kappa shape index (κ3) is 7.28. The largest absolute Gasteiger partial charge is 0.490 e. The Hall–Kier alpha value is -3.48. The number of carbonyl (C=O) groups excluding carboxylic acids is 2. The number of rotatable bonds is 6. The summed E-state index contributed by atoms with van der Waals surface area (Å²) in [6.07, 6.45) is -3.88. The number of benzene rings is 1. The molecule has 0 spiro atoms. The van der Waals surface area contributed by atoms with E-state index >= 15 is 0 Å². The summed E-state index contributed by atoms with van der Waals surface area (Å²) in [6, 6.07) is 8.05.